The SMILES string of the molecule is [C-]#[N+]c1ccc(CN2CCN(C)CC2=O)cc1. The van der Waals surface area contributed by atoms with Crippen LogP contribution >= 0.6 is 0 Å². The van der Waals surface area contributed by atoms with Crippen molar-refractivity contribution in [2.45, 2.75) is 6.54 Å². The zero-order chi connectivity index (χ0) is 12.3. The second-order valence-corrected chi connectivity index (χ2v) is 4.33. The second kappa shape index (κ2) is 4.98. The summed E-state index contributed by atoms with van der Waals surface area (Å²) in [7, 11) is 1.96. The Hall–Kier alpha value is -1.86. The van der Waals surface area contributed by atoms with Crippen LogP contribution in [0.2, 0.25) is 0 Å². The van der Waals surface area contributed by atoms with Crippen molar-refractivity contribution in [3.8, 4) is 0 Å². The van der Waals surface area contributed by atoms with Gasteiger partial charge in [-0.15, -0.1) is 0 Å². The van der Waals surface area contributed by atoms with Crippen LogP contribution in [0.25, 0.3) is 4.85 Å². The van der Waals surface area contributed by atoms with Gasteiger partial charge in [0.15, 0.2) is 5.69 Å². The molecule has 1 amide bonds. The van der Waals surface area contributed by atoms with Crippen LogP contribution in [0.1, 0.15) is 5.56 Å². The summed E-state index contributed by atoms with van der Waals surface area (Å²) in [6, 6.07) is 7.42. The third-order valence-electron chi connectivity index (χ3n) is 2.95. The summed E-state index contributed by atoms with van der Waals surface area (Å²) in [6.07, 6.45) is 0. The summed E-state index contributed by atoms with van der Waals surface area (Å²) >= 11 is 0. The first kappa shape index (κ1) is 11.6. The van der Waals surface area contributed by atoms with Gasteiger partial charge in [-0.25, -0.2) is 4.85 Å². The molecule has 0 aromatic heterocycles. The van der Waals surface area contributed by atoms with Crippen LogP contribution in [0.15, 0.2) is 24.3 Å². The lowest BCUT2D eigenvalue weighted by molar-refractivity contribution is -0.136. The molecule has 1 aromatic carbocycles. The molecule has 0 bridgehead atoms. The lowest BCUT2D eigenvalue weighted by Crippen LogP contribution is -2.48. The summed E-state index contributed by atoms with van der Waals surface area (Å²) in [5.41, 5.74) is 1.72. The van der Waals surface area contributed by atoms with Crippen molar-refractivity contribution in [3.05, 3.63) is 41.2 Å². The molecule has 0 spiro atoms. The molecule has 0 unspecified atom stereocenters. The van der Waals surface area contributed by atoms with Crippen molar-refractivity contribution in [1.29, 1.82) is 0 Å². The van der Waals surface area contributed by atoms with Crippen molar-refractivity contribution < 1.29 is 4.79 Å². The summed E-state index contributed by atoms with van der Waals surface area (Å²) in [5.74, 6) is 0.174. The zero-order valence-corrected chi connectivity index (χ0v) is 9.89. The number of carbonyl (C=O) groups is 1. The molecule has 17 heavy (non-hydrogen) atoms. The molecule has 1 aromatic rings. The summed E-state index contributed by atoms with van der Waals surface area (Å²) in [6.45, 7) is 9.72. The zero-order valence-electron chi connectivity index (χ0n) is 9.89. The van der Waals surface area contributed by atoms with E-state index in [4.69, 9.17) is 6.57 Å². The molecule has 0 saturated carbocycles. The normalized spacial score (nSPS) is 16.9. The smallest absolute Gasteiger partial charge is 0.237 e. The van der Waals surface area contributed by atoms with Crippen molar-refractivity contribution in [2.75, 3.05) is 26.7 Å². The fourth-order valence-electron chi connectivity index (χ4n) is 1.89. The highest BCUT2D eigenvalue weighted by molar-refractivity contribution is 5.79. The molecule has 88 valence electrons. The van der Waals surface area contributed by atoms with Gasteiger partial charge in [-0.05, 0) is 12.6 Å². The van der Waals surface area contributed by atoms with E-state index in [0.29, 0.717) is 18.8 Å². The molecule has 1 aliphatic rings. The molecule has 2 rings (SSSR count). The number of carbonyl (C=O) groups excluding carboxylic acids is 1. The highest BCUT2D eigenvalue weighted by atomic mass is 16.2. The number of hydrogen-bond donors (Lipinski definition) is 0. The summed E-state index contributed by atoms with van der Waals surface area (Å²) < 4.78 is 0. The van der Waals surface area contributed by atoms with Crippen LogP contribution in [-0.2, 0) is 11.3 Å². The van der Waals surface area contributed by atoms with E-state index in [9.17, 15) is 4.79 Å². The minimum absolute atomic E-state index is 0.174. The second-order valence-electron chi connectivity index (χ2n) is 4.33. The van der Waals surface area contributed by atoms with Crippen LogP contribution in [0.4, 0.5) is 5.69 Å². The lowest BCUT2D eigenvalue weighted by Gasteiger charge is -2.32. The number of benzene rings is 1. The van der Waals surface area contributed by atoms with Crippen molar-refractivity contribution in [1.82, 2.24) is 9.80 Å². The molecule has 4 heteroatoms. The minimum atomic E-state index is 0.174. The van der Waals surface area contributed by atoms with Crippen LogP contribution in [0.5, 0.6) is 0 Å². The highest BCUT2D eigenvalue weighted by Gasteiger charge is 2.21. The van der Waals surface area contributed by atoms with E-state index in [0.717, 1.165) is 18.7 Å². The Balaban J connectivity index is 2.01. The van der Waals surface area contributed by atoms with Gasteiger partial charge in [0.1, 0.15) is 0 Å². The van der Waals surface area contributed by atoms with Gasteiger partial charge in [0.05, 0.1) is 13.1 Å². The number of hydrogen-bond acceptors (Lipinski definition) is 2. The predicted octanol–water partition coefficient (Wildman–Crippen LogP) is 1.51. The fraction of sp³-hybridized carbons (Fsp3) is 0.385. The summed E-state index contributed by atoms with van der Waals surface area (Å²) in [4.78, 5) is 19.0. The number of nitrogens with zero attached hydrogens (tertiary/aromatic N) is 3. The lowest BCUT2D eigenvalue weighted by atomic mass is 10.2. The average molecular weight is 229 g/mol. The maximum atomic E-state index is 11.8. The van der Waals surface area contributed by atoms with Gasteiger partial charge in [-0.1, -0.05) is 24.3 Å². The molecule has 0 N–H and O–H groups in total. The molecule has 1 saturated heterocycles. The number of piperazine rings is 1. The molecule has 0 aliphatic carbocycles. The molecule has 1 heterocycles. The van der Waals surface area contributed by atoms with Crippen molar-refractivity contribution in [2.24, 2.45) is 0 Å². The molecule has 4 nitrogen and oxygen atoms in total. The van der Waals surface area contributed by atoms with Gasteiger partial charge in [0, 0.05) is 19.6 Å². The van der Waals surface area contributed by atoms with E-state index in [1.165, 1.54) is 0 Å². The monoisotopic (exact) mass is 229 g/mol. The Kier molecular flexibility index (Phi) is 3.40. The first-order chi connectivity index (χ1) is 8.19. The molecule has 0 atom stereocenters. The Morgan fingerprint density at radius 3 is 2.59 bits per heavy atom. The highest BCUT2D eigenvalue weighted by Crippen LogP contribution is 2.15. The van der Waals surface area contributed by atoms with E-state index in [2.05, 4.69) is 4.85 Å². The fourth-order valence-corrected chi connectivity index (χ4v) is 1.89. The number of rotatable bonds is 2. The van der Waals surface area contributed by atoms with Crippen LogP contribution < -0.4 is 0 Å². The van der Waals surface area contributed by atoms with E-state index >= 15 is 0 Å². The van der Waals surface area contributed by atoms with Gasteiger partial charge in [0.25, 0.3) is 0 Å². The van der Waals surface area contributed by atoms with Crippen molar-refractivity contribution >= 4 is 11.6 Å². The molecule has 1 fully saturated rings. The van der Waals surface area contributed by atoms with Gasteiger partial charge < -0.3 is 4.90 Å². The van der Waals surface area contributed by atoms with Gasteiger partial charge >= 0.3 is 0 Å². The molecule has 0 radical (unpaired) electrons. The van der Waals surface area contributed by atoms with Crippen molar-refractivity contribution in [3.63, 3.8) is 0 Å². The standard InChI is InChI=1S/C13H15N3O/c1-14-12-5-3-11(4-6-12)9-16-8-7-15(2)10-13(16)17/h3-6H,7-10H2,2H3. The Bertz CT molecular complexity index is 447. The van der Waals surface area contributed by atoms with Gasteiger partial charge in [-0.2, -0.15) is 0 Å². The average Bonchev–Trinajstić information content (AvgIpc) is 2.34. The van der Waals surface area contributed by atoms with Crippen LogP contribution in [0, 0.1) is 6.57 Å². The first-order valence-corrected chi connectivity index (χ1v) is 5.62. The first-order valence-electron chi connectivity index (χ1n) is 5.62. The third kappa shape index (κ3) is 2.83. The quantitative estimate of drug-likeness (QED) is 0.719. The maximum Gasteiger partial charge on any atom is 0.237 e. The molecule has 1 aliphatic heterocycles. The Morgan fingerprint density at radius 2 is 2.00 bits per heavy atom. The van der Waals surface area contributed by atoms with Crippen LogP contribution in [0.3, 0.4) is 0 Å². The summed E-state index contributed by atoms with van der Waals surface area (Å²) in [5, 5.41) is 0. The Morgan fingerprint density at radius 1 is 1.29 bits per heavy atom. The predicted molar refractivity (Wildman–Crippen MR) is 65.6 cm³/mol. The molecular weight excluding hydrogens is 214 g/mol. The van der Waals surface area contributed by atoms with Gasteiger partial charge in [-0.3, -0.25) is 9.69 Å². The van der Waals surface area contributed by atoms with E-state index in [1.807, 2.05) is 29.0 Å². The van der Waals surface area contributed by atoms with Gasteiger partial charge in [0.2, 0.25) is 5.91 Å². The van der Waals surface area contributed by atoms with E-state index in [1.54, 1.807) is 12.1 Å². The molecular formula is C13H15N3O. The number of likely N-dealkylation sites (N-methyl/N-ethyl adjacent to an activating group) is 1. The Labute approximate surface area is 101 Å². The maximum absolute atomic E-state index is 11.8. The van der Waals surface area contributed by atoms with Crippen LogP contribution in [-0.4, -0.2) is 42.4 Å². The number of amides is 1. The van der Waals surface area contributed by atoms with E-state index in [-0.39, 0.29) is 5.91 Å². The van der Waals surface area contributed by atoms with E-state index < -0.39 is 0 Å². The third-order valence-corrected chi connectivity index (χ3v) is 2.95. The largest absolute Gasteiger partial charge is 0.336 e. The minimum Gasteiger partial charge on any atom is -0.336 e. The topological polar surface area (TPSA) is 27.9 Å².